The van der Waals surface area contributed by atoms with Gasteiger partial charge in [-0.2, -0.15) is 12.7 Å². The Hall–Kier alpha value is -0.170. The highest BCUT2D eigenvalue weighted by molar-refractivity contribution is 7.87. The minimum Gasteiger partial charge on any atom is -0.394 e. The van der Waals surface area contributed by atoms with Gasteiger partial charge in [0.2, 0.25) is 0 Å². The lowest BCUT2D eigenvalue weighted by Gasteiger charge is -2.32. The van der Waals surface area contributed by atoms with E-state index in [9.17, 15) is 8.42 Å². The minimum atomic E-state index is -3.47. The van der Waals surface area contributed by atoms with Gasteiger partial charge in [0.1, 0.15) is 0 Å². The molecule has 0 spiro atoms. The van der Waals surface area contributed by atoms with E-state index in [1.54, 1.807) is 13.8 Å². The molecular weight excluding hydrogens is 204 g/mol. The van der Waals surface area contributed by atoms with Crippen molar-refractivity contribution >= 4 is 10.2 Å². The third-order valence-corrected chi connectivity index (χ3v) is 3.92. The van der Waals surface area contributed by atoms with E-state index >= 15 is 0 Å². The first-order chi connectivity index (χ1) is 6.28. The van der Waals surface area contributed by atoms with Crippen molar-refractivity contribution in [2.45, 2.75) is 32.7 Å². The van der Waals surface area contributed by atoms with Crippen molar-refractivity contribution < 1.29 is 13.5 Å². The van der Waals surface area contributed by atoms with Crippen LogP contribution in [-0.4, -0.2) is 43.6 Å². The van der Waals surface area contributed by atoms with Crippen LogP contribution >= 0.6 is 0 Å². The van der Waals surface area contributed by atoms with Crippen LogP contribution in [-0.2, 0) is 10.2 Å². The van der Waals surface area contributed by atoms with Crippen molar-refractivity contribution in [2.24, 2.45) is 0 Å². The van der Waals surface area contributed by atoms with Crippen LogP contribution < -0.4 is 4.72 Å². The molecule has 0 bridgehead atoms. The van der Waals surface area contributed by atoms with E-state index in [2.05, 4.69) is 4.72 Å². The summed E-state index contributed by atoms with van der Waals surface area (Å²) < 4.78 is 26.8. The molecule has 0 aliphatic carbocycles. The third kappa shape index (κ3) is 3.53. The number of rotatable bonds is 6. The van der Waals surface area contributed by atoms with Crippen LogP contribution in [0, 0.1) is 0 Å². The van der Waals surface area contributed by atoms with Crippen LogP contribution in [0.3, 0.4) is 0 Å². The molecule has 0 unspecified atom stereocenters. The minimum absolute atomic E-state index is 0.212. The fraction of sp³-hybridized carbons (Fsp3) is 1.00. The monoisotopic (exact) mass is 224 g/mol. The third-order valence-electron chi connectivity index (χ3n) is 2.13. The molecule has 0 fully saturated rings. The average molecular weight is 224 g/mol. The first kappa shape index (κ1) is 13.8. The Morgan fingerprint density at radius 1 is 1.43 bits per heavy atom. The summed E-state index contributed by atoms with van der Waals surface area (Å²) in [5.74, 6) is 0. The number of hydrogen-bond donors (Lipinski definition) is 2. The average Bonchev–Trinajstić information content (AvgIpc) is 2.13. The molecule has 86 valence electrons. The number of likely N-dealkylation sites (N-methyl/N-ethyl adjacent to an activating group) is 1. The summed E-state index contributed by atoms with van der Waals surface area (Å²) in [4.78, 5) is 0. The molecule has 14 heavy (non-hydrogen) atoms. The van der Waals surface area contributed by atoms with E-state index in [0.29, 0.717) is 6.54 Å². The van der Waals surface area contributed by atoms with E-state index in [0.717, 1.165) is 10.7 Å². The predicted octanol–water partition coefficient (Wildman–Crippen LogP) is -0.0665. The van der Waals surface area contributed by atoms with Gasteiger partial charge in [-0.25, -0.2) is 4.72 Å². The number of nitrogens with zero attached hydrogens (tertiary/aromatic N) is 1. The molecule has 6 heteroatoms. The molecule has 0 saturated carbocycles. The largest absolute Gasteiger partial charge is 0.394 e. The molecule has 0 saturated heterocycles. The number of nitrogens with one attached hydrogen (secondary N) is 1. The lowest BCUT2D eigenvalue weighted by Crippen LogP contribution is -2.51. The van der Waals surface area contributed by atoms with Crippen molar-refractivity contribution in [3.05, 3.63) is 0 Å². The first-order valence-electron chi connectivity index (χ1n) is 4.62. The fourth-order valence-electron chi connectivity index (χ4n) is 0.753. The summed E-state index contributed by atoms with van der Waals surface area (Å²) in [6, 6.07) is 0. The van der Waals surface area contributed by atoms with E-state index in [1.165, 1.54) is 7.05 Å². The Labute approximate surface area is 86.3 Å². The lowest BCUT2D eigenvalue weighted by molar-refractivity contribution is 0.137. The molecule has 0 rings (SSSR count). The zero-order chi connectivity index (χ0) is 11.4. The van der Waals surface area contributed by atoms with Crippen LogP contribution in [0.4, 0.5) is 0 Å². The van der Waals surface area contributed by atoms with E-state index in [1.807, 2.05) is 6.92 Å². The maximum Gasteiger partial charge on any atom is 0.279 e. The summed E-state index contributed by atoms with van der Waals surface area (Å²) in [7, 11) is -2.02. The molecular formula is C8H20N2O3S. The van der Waals surface area contributed by atoms with Gasteiger partial charge in [0.15, 0.2) is 0 Å². The van der Waals surface area contributed by atoms with Crippen molar-refractivity contribution in [3.8, 4) is 0 Å². The van der Waals surface area contributed by atoms with Crippen molar-refractivity contribution in [1.82, 2.24) is 9.03 Å². The van der Waals surface area contributed by atoms with Gasteiger partial charge in [0.05, 0.1) is 12.1 Å². The molecule has 0 aromatic carbocycles. The predicted molar refractivity (Wildman–Crippen MR) is 56.1 cm³/mol. The van der Waals surface area contributed by atoms with E-state index in [-0.39, 0.29) is 6.61 Å². The summed E-state index contributed by atoms with van der Waals surface area (Å²) in [6.45, 7) is 5.42. The van der Waals surface area contributed by atoms with Crippen LogP contribution in [0.2, 0.25) is 0 Å². The number of hydrogen-bond acceptors (Lipinski definition) is 3. The van der Waals surface area contributed by atoms with Gasteiger partial charge in [0, 0.05) is 13.6 Å². The van der Waals surface area contributed by atoms with Crippen molar-refractivity contribution in [3.63, 3.8) is 0 Å². The fourth-order valence-corrected chi connectivity index (χ4v) is 2.12. The first-order valence-corrected chi connectivity index (χ1v) is 6.06. The smallest absolute Gasteiger partial charge is 0.279 e. The topological polar surface area (TPSA) is 69.6 Å². The van der Waals surface area contributed by atoms with Gasteiger partial charge < -0.3 is 5.11 Å². The summed E-state index contributed by atoms with van der Waals surface area (Å²) in [5, 5.41) is 9.02. The van der Waals surface area contributed by atoms with Crippen LogP contribution in [0.25, 0.3) is 0 Å². The van der Waals surface area contributed by atoms with Gasteiger partial charge in [-0.15, -0.1) is 0 Å². The van der Waals surface area contributed by atoms with Crippen LogP contribution in [0.5, 0.6) is 0 Å². The zero-order valence-corrected chi connectivity index (χ0v) is 10.1. The van der Waals surface area contributed by atoms with Crippen LogP contribution in [0.15, 0.2) is 0 Å². The van der Waals surface area contributed by atoms with E-state index in [4.69, 9.17) is 5.11 Å². The lowest BCUT2D eigenvalue weighted by atomic mass is 10.1. The molecule has 2 N–H and O–H groups in total. The molecule has 0 heterocycles. The van der Waals surface area contributed by atoms with Gasteiger partial charge in [-0.1, -0.05) is 6.92 Å². The summed E-state index contributed by atoms with van der Waals surface area (Å²) in [5.41, 5.74) is -0.778. The highest BCUT2D eigenvalue weighted by atomic mass is 32.2. The highest BCUT2D eigenvalue weighted by Crippen LogP contribution is 2.14. The van der Waals surface area contributed by atoms with Crippen LogP contribution in [0.1, 0.15) is 27.2 Å². The standard InChI is InChI=1S/C8H20N2O3S/c1-5-6-9-14(12,13)10(4)8(2,3)7-11/h9,11H,5-7H2,1-4H3. The van der Waals surface area contributed by atoms with Gasteiger partial charge >= 0.3 is 0 Å². The SMILES string of the molecule is CCCNS(=O)(=O)N(C)C(C)(C)CO. The van der Waals surface area contributed by atoms with Gasteiger partial charge in [-0.3, -0.25) is 0 Å². The Morgan fingerprint density at radius 3 is 2.29 bits per heavy atom. The Kier molecular flexibility index (Phi) is 5.00. The summed E-state index contributed by atoms with van der Waals surface area (Å²) in [6.07, 6.45) is 0.743. The second kappa shape index (κ2) is 5.06. The molecule has 0 aromatic heterocycles. The highest BCUT2D eigenvalue weighted by Gasteiger charge is 2.31. The normalized spacial score (nSPS) is 13.6. The van der Waals surface area contributed by atoms with Crippen molar-refractivity contribution in [1.29, 1.82) is 0 Å². The van der Waals surface area contributed by atoms with Crippen molar-refractivity contribution in [2.75, 3.05) is 20.2 Å². The number of aliphatic hydroxyl groups is 1. The van der Waals surface area contributed by atoms with E-state index < -0.39 is 15.7 Å². The molecule has 0 amide bonds. The second-order valence-electron chi connectivity index (χ2n) is 3.84. The Bertz CT molecular complexity index is 262. The summed E-state index contributed by atoms with van der Waals surface area (Å²) >= 11 is 0. The number of aliphatic hydroxyl groups excluding tert-OH is 1. The molecule has 0 radical (unpaired) electrons. The maximum atomic E-state index is 11.6. The molecule has 5 nitrogen and oxygen atoms in total. The van der Waals surface area contributed by atoms with Gasteiger partial charge in [0.25, 0.3) is 10.2 Å². The zero-order valence-electron chi connectivity index (χ0n) is 9.24. The molecule has 0 aliphatic rings. The second-order valence-corrected chi connectivity index (χ2v) is 5.62. The maximum absolute atomic E-state index is 11.6. The molecule has 0 aliphatic heterocycles. The Balaban J connectivity index is 4.59. The van der Waals surface area contributed by atoms with Gasteiger partial charge in [-0.05, 0) is 20.3 Å². The molecule has 0 aromatic rings. The Morgan fingerprint density at radius 2 is 1.93 bits per heavy atom. The quantitative estimate of drug-likeness (QED) is 0.664. The molecule has 0 atom stereocenters.